The van der Waals surface area contributed by atoms with Gasteiger partial charge in [-0.2, -0.15) is 0 Å². The van der Waals surface area contributed by atoms with E-state index < -0.39 is 0 Å². The zero-order valence-electron chi connectivity index (χ0n) is 13.5. The highest BCUT2D eigenvalue weighted by atomic mass is 32.1. The highest BCUT2D eigenvalue weighted by molar-refractivity contribution is 7.11. The summed E-state index contributed by atoms with van der Waals surface area (Å²) < 4.78 is 0. The summed E-state index contributed by atoms with van der Waals surface area (Å²) in [5.74, 6) is 2.47. The summed E-state index contributed by atoms with van der Waals surface area (Å²) in [4.78, 5) is 5.62. The Morgan fingerprint density at radius 3 is 2.70 bits per heavy atom. The van der Waals surface area contributed by atoms with Gasteiger partial charge in [-0.25, -0.2) is 0 Å². The first-order chi connectivity index (χ1) is 9.54. The van der Waals surface area contributed by atoms with E-state index in [9.17, 15) is 0 Å². The molecule has 0 aromatic carbocycles. The Morgan fingerprint density at radius 2 is 2.00 bits per heavy atom. The van der Waals surface area contributed by atoms with Crippen molar-refractivity contribution in [2.24, 2.45) is 17.8 Å². The van der Waals surface area contributed by atoms with Crippen molar-refractivity contribution in [1.29, 1.82) is 0 Å². The molecule has 0 bridgehead atoms. The van der Waals surface area contributed by atoms with Gasteiger partial charge >= 0.3 is 0 Å². The number of thiophene rings is 1. The van der Waals surface area contributed by atoms with Crippen LogP contribution in [0.4, 0.5) is 0 Å². The van der Waals surface area contributed by atoms with Gasteiger partial charge < -0.3 is 5.32 Å². The van der Waals surface area contributed by atoms with Gasteiger partial charge in [0.05, 0.1) is 0 Å². The molecule has 1 aliphatic rings. The molecule has 1 saturated heterocycles. The van der Waals surface area contributed by atoms with Crippen molar-refractivity contribution in [2.75, 3.05) is 19.6 Å². The van der Waals surface area contributed by atoms with Crippen LogP contribution < -0.4 is 5.32 Å². The number of likely N-dealkylation sites (tertiary alicyclic amines) is 1. The molecule has 3 heteroatoms. The average molecular weight is 295 g/mol. The molecule has 114 valence electrons. The van der Waals surface area contributed by atoms with E-state index in [1.165, 1.54) is 29.3 Å². The lowest BCUT2D eigenvalue weighted by Gasteiger charge is -2.34. The van der Waals surface area contributed by atoms with Gasteiger partial charge in [-0.1, -0.05) is 27.7 Å². The van der Waals surface area contributed by atoms with Crippen molar-refractivity contribution in [1.82, 2.24) is 10.2 Å². The first-order valence-electron chi connectivity index (χ1n) is 8.05. The van der Waals surface area contributed by atoms with Gasteiger partial charge in [0.2, 0.25) is 0 Å². The molecule has 0 spiro atoms. The Balaban J connectivity index is 1.78. The quantitative estimate of drug-likeness (QED) is 0.854. The lowest BCUT2D eigenvalue weighted by molar-refractivity contribution is 0.133. The Hall–Kier alpha value is -0.380. The molecule has 0 saturated carbocycles. The maximum Gasteiger partial charge on any atom is 0.0328 e. The molecule has 1 aliphatic heterocycles. The second-order valence-electron chi connectivity index (χ2n) is 6.87. The van der Waals surface area contributed by atoms with Gasteiger partial charge in [-0.05, 0) is 49.4 Å². The zero-order chi connectivity index (χ0) is 14.5. The fourth-order valence-corrected chi connectivity index (χ4v) is 3.83. The molecule has 2 rings (SSSR count). The Bertz CT molecular complexity index is 399. The van der Waals surface area contributed by atoms with Gasteiger partial charge in [0.25, 0.3) is 0 Å². The largest absolute Gasteiger partial charge is 0.312 e. The van der Waals surface area contributed by atoms with Crippen molar-refractivity contribution in [3.8, 4) is 0 Å². The SMILES string of the molecule is CC(C)CNCc1ccc(CN2CCC(C)C(C)C2)s1. The summed E-state index contributed by atoms with van der Waals surface area (Å²) in [7, 11) is 0. The minimum absolute atomic E-state index is 0.728. The first-order valence-corrected chi connectivity index (χ1v) is 8.87. The van der Waals surface area contributed by atoms with Crippen LogP contribution in [0.2, 0.25) is 0 Å². The van der Waals surface area contributed by atoms with Gasteiger partial charge in [0, 0.05) is 29.4 Å². The molecule has 1 fully saturated rings. The standard InChI is InChI=1S/C17H30N2S/c1-13(2)9-18-10-16-5-6-17(20-16)12-19-8-7-14(3)15(4)11-19/h5-6,13-15,18H,7-12H2,1-4H3. The van der Waals surface area contributed by atoms with E-state index in [4.69, 9.17) is 0 Å². The fourth-order valence-electron chi connectivity index (χ4n) is 2.80. The van der Waals surface area contributed by atoms with Crippen molar-refractivity contribution in [3.63, 3.8) is 0 Å². The van der Waals surface area contributed by atoms with E-state index in [1.807, 2.05) is 11.3 Å². The third kappa shape index (κ3) is 4.87. The van der Waals surface area contributed by atoms with Gasteiger partial charge in [-0.3, -0.25) is 4.90 Å². The second-order valence-corrected chi connectivity index (χ2v) is 8.12. The molecular weight excluding hydrogens is 264 g/mol. The van der Waals surface area contributed by atoms with E-state index in [0.717, 1.165) is 37.4 Å². The molecule has 2 heterocycles. The minimum atomic E-state index is 0.728. The predicted molar refractivity (Wildman–Crippen MR) is 89.1 cm³/mol. The fraction of sp³-hybridized carbons (Fsp3) is 0.765. The highest BCUT2D eigenvalue weighted by Gasteiger charge is 2.22. The maximum atomic E-state index is 3.53. The van der Waals surface area contributed by atoms with Gasteiger partial charge in [0.15, 0.2) is 0 Å². The molecule has 0 radical (unpaired) electrons. The van der Waals surface area contributed by atoms with Crippen LogP contribution in [0.25, 0.3) is 0 Å². The monoisotopic (exact) mass is 294 g/mol. The van der Waals surface area contributed by atoms with Crippen molar-refractivity contribution < 1.29 is 0 Å². The molecule has 0 amide bonds. The second kappa shape index (κ2) is 7.58. The number of nitrogens with one attached hydrogen (secondary N) is 1. The van der Waals surface area contributed by atoms with Gasteiger partial charge in [-0.15, -0.1) is 11.3 Å². The van der Waals surface area contributed by atoms with E-state index in [1.54, 1.807) is 0 Å². The molecule has 2 atom stereocenters. The molecule has 0 aliphatic carbocycles. The zero-order valence-corrected chi connectivity index (χ0v) is 14.3. The normalized spacial score (nSPS) is 24.4. The number of hydrogen-bond acceptors (Lipinski definition) is 3. The Morgan fingerprint density at radius 1 is 1.25 bits per heavy atom. The van der Waals surface area contributed by atoms with Crippen LogP contribution >= 0.6 is 11.3 Å². The van der Waals surface area contributed by atoms with Crippen LogP contribution in [0.15, 0.2) is 12.1 Å². The van der Waals surface area contributed by atoms with Gasteiger partial charge in [0.1, 0.15) is 0 Å². The Labute approximate surface area is 128 Å². The van der Waals surface area contributed by atoms with Crippen LogP contribution in [0.1, 0.15) is 43.9 Å². The summed E-state index contributed by atoms with van der Waals surface area (Å²) in [6.07, 6.45) is 1.36. The topological polar surface area (TPSA) is 15.3 Å². The van der Waals surface area contributed by atoms with Crippen LogP contribution in [-0.2, 0) is 13.1 Å². The van der Waals surface area contributed by atoms with Crippen LogP contribution in [0, 0.1) is 17.8 Å². The van der Waals surface area contributed by atoms with E-state index in [2.05, 4.69) is 50.0 Å². The van der Waals surface area contributed by atoms with E-state index >= 15 is 0 Å². The van der Waals surface area contributed by atoms with Crippen molar-refractivity contribution in [2.45, 2.75) is 47.2 Å². The maximum absolute atomic E-state index is 3.53. The summed E-state index contributed by atoms with van der Waals surface area (Å²) in [6.45, 7) is 15.1. The highest BCUT2D eigenvalue weighted by Crippen LogP contribution is 2.25. The summed E-state index contributed by atoms with van der Waals surface area (Å²) in [5.41, 5.74) is 0. The van der Waals surface area contributed by atoms with Crippen LogP contribution in [0.3, 0.4) is 0 Å². The number of rotatable bonds is 6. The lowest BCUT2D eigenvalue weighted by atomic mass is 9.89. The molecular formula is C17H30N2S. The third-order valence-corrected chi connectivity index (χ3v) is 5.44. The molecule has 1 aromatic rings. The lowest BCUT2D eigenvalue weighted by Crippen LogP contribution is -2.37. The molecule has 1 N–H and O–H groups in total. The number of piperidine rings is 1. The first kappa shape index (κ1) is 16.0. The smallest absolute Gasteiger partial charge is 0.0328 e. The number of hydrogen-bond donors (Lipinski definition) is 1. The van der Waals surface area contributed by atoms with Crippen molar-refractivity contribution >= 4 is 11.3 Å². The Kier molecular flexibility index (Phi) is 6.06. The van der Waals surface area contributed by atoms with Crippen LogP contribution in [0.5, 0.6) is 0 Å². The van der Waals surface area contributed by atoms with E-state index in [0.29, 0.717) is 0 Å². The summed E-state index contributed by atoms with van der Waals surface area (Å²) in [5, 5.41) is 3.53. The molecule has 2 nitrogen and oxygen atoms in total. The summed E-state index contributed by atoms with van der Waals surface area (Å²) in [6, 6.07) is 4.61. The number of nitrogens with zero attached hydrogens (tertiary/aromatic N) is 1. The molecule has 1 aromatic heterocycles. The molecule has 2 unspecified atom stereocenters. The predicted octanol–water partition coefficient (Wildman–Crippen LogP) is 3.97. The average Bonchev–Trinajstić information content (AvgIpc) is 2.81. The molecule has 20 heavy (non-hydrogen) atoms. The summed E-state index contributed by atoms with van der Waals surface area (Å²) >= 11 is 1.98. The third-order valence-electron chi connectivity index (χ3n) is 4.37. The van der Waals surface area contributed by atoms with E-state index in [-0.39, 0.29) is 0 Å². The van der Waals surface area contributed by atoms with Crippen molar-refractivity contribution in [3.05, 3.63) is 21.9 Å². The minimum Gasteiger partial charge on any atom is -0.312 e. The van der Waals surface area contributed by atoms with Crippen LogP contribution in [-0.4, -0.2) is 24.5 Å².